The Morgan fingerprint density at radius 1 is 1.60 bits per heavy atom. The van der Waals surface area contributed by atoms with Crippen molar-refractivity contribution in [2.75, 3.05) is 5.75 Å². The van der Waals surface area contributed by atoms with E-state index in [1.54, 1.807) is 0 Å². The van der Waals surface area contributed by atoms with Crippen molar-refractivity contribution in [2.45, 2.75) is 19.1 Å². The molecule has 2 atom stereocenters. The maximum atomic E-state index is 10.6. The number of thioether (sulfide) groups is 1. The fourth-order valence-corrected chi connectivity index (χ4v) is 1.71. The SMILES string of the molecule is CC(=O)SCC(O)C(O)c1ccc(Cl)o1. The maximum Gasteiger partial charge on any atom is 0.193 e. The van der Waals surface area contributed by atoms with Gasteiger partial charge in [0, 0.05) is 12.7 Å². The zero-order chi connectivity index (χ0) is 11.4. The van der Waals surface area contributed by atoms with Gasteiger partial charge in [-0.1, -0.05) is 11.8 Å². The van der Waals surface area contributed by atoms with Gasteiger partial charge in [-0.05, 0) is 23.7 Å². The second-order valence-corrected chi connectivity index (χ2v) is 4.53. The van der Waals surface area contributed by atoms with Crippen LogP contribution in [0, 0.1) is 0 Å². The van der Waals surface area contributed by atoms with Gasteiger partial charge >= 0.3 is 0 Å². The van der Waals surface area contributed by atoms with E-state index in [1.165, 1.54) is 19.1 Å². The van der Waals surface area contributed by atoms with Crippen molar-refractivity contribution in [1.29, 1.82) is 0 Å². The summed E-state index contributed by atoms with van der Waals surface area (Å²) in [6.07, 6.45) is -2.22. The molecule has 0 radical (unpaired) electrons. The second kappa shape index (κ2) is 5.55. The minimum atomic E-state index is -1.16. The van der Waals surface area contributed by atoms with Gasteiger partial charge in [-0.25, -0.2) is 0 Å². The number of hydrogen-bond donors (Lipinski definition) is 2. The van der Waals surface area contributed by atoms with E-state index in [2.05, 4.69) is 0 Å². The average Bonchev–Trinajstić information content (AvgIpc) is 2.60. The van der Waals surface area contributed by atoms with E-state index in [0.717, 1.165) is 11.8 Å². The lowest BCUT2D eigenvalue weighted by molar-refractivity contribution is -0.109. The zero-order valence-corrected chi connectivity index (χ0v) is 9.59. The first-order valence-corrected chi connectivity index (χ1v) is 5.62. The molecule has 0 fully saturated rings. The summed E-state index contributed by atoms with van der Waals surface area (Å²) in [6, 6.07) is 2.96. The highest BCUT2D eigenvalue weighted by molar-refractivity contribution is 8.13. The third-order valence-electron chi connectivity index (χ3n) is 1.71. The molecular formula is C9H11ClO4S. The monoisotopic (exact) mass is 250 g/mol. The Kier molecular flexibility index (Phi) is 4.66. The van der Waals surface area contributed by atoms with E-state index < -0.39 is 12.2 Å². The second-order valence-electron chi connectivity index (χ2n) is 2.96. The highest BCUT2D eigenvalue weighted by Gasteiger charge is 2.22. The molecule has 1 heterocycles. The fourth-order valence-electron chi connectivity index (χ4n) is 0.971. The van der Waals surface area contributed by atoms with Crippen molar-refractivity contribution in [3.05, 3.63) is 23.1 Å². The van der Waals surface area contributed by atoms with Crippen LogP contribution in [-0.2, 0) is 4.79 Å². The molecule has 0 aliphatic heterocycles. The number of rotatable bonds is 4. The predicted octanol–water partition coefficient (Wildman–Crippen LogP) is 1.61. The van der Waals surface area contributed by atoms with Gasteiger partial charge in [-0.15, -0.1) is 0 Å². The van der Waals surface area contributed by atoms with Gasteiger partial charge in [0.15, 0.2) is 10.3 Å². The van der Waals surface area contributed by atoms with Crippen molar-refractivity contribution in [3.8, 4) is 0 Å². The van der Waals surface area contributed by atoms with E-state index in [4.69, 9.17) is 16.0 Å². The van der Waals surface area contributed by atoms with Crippen LogP contribution < -0.4 is 0 Å². The summed E-state index contributed by atoms with van der Waals surface area (Å²) >= 11 is 6.46. The number of aliphatic hydroxyl groups is 2. The van der Waals surface area contributed by atoms with Gasteiger partial charge in [-0.2, -0.15) is 0 Å². The minimum absolute atomic E-state index is 0.112. The first-order chi connectivity index (χ1) is 7.00. The fraction of sp³-hybridized carbons (Fsp3) is 0.444. The molecule has 0 bridgehead atoms. The molecule has 0 saturated heterocycles. The van der Waals surface area contributed by atoms with E-state index in [0.29, 0.717) is 0 Å². The number of halogens is 1. The highest BCUT2D eigenvalue weighted by atomic mass is 35.5. The molecule has 2 N–H and O–H groups in total. The molecule has 4 nitrogen and oxygen atoms in total. The number of furan rings is 1. The van der Waals surface area contributed by atoms with Crippen LogP contribution in [0.15, 0.2) is 16.5 Å². The Morgan fingerprint density at radius 2 is 2.27 bits per heavy atom. The van der Waals surface area contributed by atoms with E-state index >= 15 is 0 Å². The zero-order valence-electron chi connectivity index (χ0n) is 8.01. The Hall–Kier alpha value is -0.490. The van der Waals surface area contributed by atoms with Crippen LogP contribution in [0.5, 0.6) is 0 Å². The molecule has 2 unspecified atom stereocenters. The molecular weight excluding hydrogens is 240 g/mol. The minimum Gasteiger partial charge on any atom is -0.447 e. The first-order valence-electron chi connectivity index (χ1n) is 4.25. The van der Waals surface area contributed by atoms with Crippen LogP contribution >= 0.6 is 23.4 Å². The van der Waals surface area contributed by atoms with Crippen LogP contribution in [0.25, 0.3) is 0 Å². The van der Waals surface area contributed by atoms with Gasteiger partial charge in [0.25, 0.3) is 0 Å². The Morgan fingerprint density at radius 3 is 2.73 bits per heavy atom. The summed E-state index contributed by atoms with van der Waals surface area (Å²) in [4.78, 5) is 10.6. The predicted molar refractivity (Wildman–Crippen MR) is 57.8 cm³/mol. The lowest BCUT2D eigenvalue weighted by Gasteiger charge is -2.14. The van der Waals surface area contributed by atoms with Crippen molar-refractivity contribution < 1.29 is 19.4 Å². The number of aliphatic hydroxyl groups excluding tert-OH is 2. The smallest absolute Gasteiger partial charge is 0.193 e. The van der Waals surface area contributed by atoms with Gasteiger partial charge < -0.3 is 14.6 Å². The summed E-state index contributed by atoms with van der Waals surface area (Å²) in [5.41, 5.74) is 0. The van der Waals surface area contributed by atoms with Crippen LogP contribution in [0.1, 0.15) is 18.8 Å². The summed E-state index contributed by atoms with van der Waals surface area (Å²) < 4.78 is 4.93. The molecule has 0 amide bonds. The summed E-state index contributed by atoms with van der Waals surface area (Å²) in [7, 11) is 0. The molecule has 1 rings (SSSR count). The average molecular weight is 251 g/mol. The Bertz CT molecular complexity index is 339. The number of hydrogen-bond acceptors (Lipinski definition) is 5. The Balaban J connectivity index is 2.52. The van der Waals surface area contributed by atoms with Crippen LogP contribution in [0.3, 0.4) is 0 Å². The number of carbonyl (C=O) groups excluding carboxylic acids is 1. The molecule has 0 aliphatic carbocycles. The third kappa shape index (κ3) is 3.87. The van der Waals surface area contributed by atoms with Gasteiger partial charge in [0.2, 0.25) is 0 Å². The van der Waals surface area contributed by atoms with Crippen molar-refractivity contribution in [3.63, 3.8) is 0 Å². The van der Waals surface area contributed by atoms with E-state index in [9.17, 15) is 15.0 Å². The third-order valence-corrected chi connectivity index (χ3v) is 2.83. The van der Waals surface area contributed by atoms with Crippen LogP contribution in [0.2, 0.25) is 5.22 Å². The lowest BCUT2D eigenvalue weighted by atomic mass is 10.2. The summed E-state index contributed by atoms with van der Waals surface area (Å²) in [5, 5.41) is 19.1. The van der Waals surface area contributed by atoms with Crippen molar-refractivity contribution >= 4 is 28.5 Å². The van der Waals surface area contributed by atoms with Gasteiger partial charge in [0.05, 0.1) is 6.10 Å². The van der Waals surface area contributed by atoms with Gasteiger partial charge in [-0.3, -0.25) is 4.79 Å². The standard InChI is InChI=1S/C9H11ClO4S/c1-5(11)15-4-6(12)9(13)7-2-3-8(10)14-7/h2-3,6,9,12-13H,4H2,1H3. The van der Waals surface area contributed by atoms with Crippen LogP contribution in [0.4, 0.5) is 0 Å². The summed E-state index contributed by atoms with van der Waals surface area (Å²) in [6.45, 7) is 1.40. The van der Waals surface area contributed by atoms with Crippen molar-refractivity contribution in [1.82, 2.24) is 0 Å². The van der Waals surface area contributed by atoms with E-state index in [-0.39, 0.29) is 21.8 Å². The molecule has 6 heteroatoms. The molecule has 0 aliphatic rings. The molecule has 0 saturated carbocycles. The molecule has 1 aromatic heterocycles. The Labute approximate surface area is 96.2 Å². The number of carbonyl (C=O) groups is 1. The lowest BCUT2D eigenvalue weighted by Crippen LogP contribution is -2.20. The quantitative estimate of drug-likeness (QED) is 0.850. The highest BCUT2D eigenvalue weighted by Crippen LogP contribution is 2.24. The molecule has 0 aromatic carbocycles. The molecule has 15 heavy (non-hydrogen) atoms. The van der Waals surface area contributed by atoms with E-state index in [1.807, 2.05) is 0 Å². The molecule has 1 aromatic rings. The largest absolute Gasteiger partial charge is 0.447 e. The normalized spacial score (nSPS) is 14.9. The first kappa shape index (κ1) is 12.6. The summed E-state index contributed by atoms with van der Waals surface area (Å²) in [5.74, 6) is 0.311. The van der Waals surface area contributed by atoms with Crippen molar-refractivity contribution in [2.24, 2.45) is 0 Å². The van der Waals surface area contributed by atoms with Gasteiger partial charge in [0.1, 0.15) is 11.9 Å². The maximum absolute atomic E-state index is 10.6. The molecule has 0 spiro atoms. The molecule has 84 valence electrons. The topological polar surface area (TPSA) is 70.7 Å². The van der Waals surface area contributed by atoms with Crippen LogP contribution in [-0.4, -0.2) is 27.2 Å².